The third kappa shape index (κ3) is 8.49. The van der Waals surface area contributed by atoms with Crippen LogP contribution in [0.4, 0.5) is 18.9 Å². The van der Waals surface area contributed by atoms with Crippen LogP contribution >= 0.6 is 12.4 Å². The molecule has 49 heavy (non-hydrogen) atoms. The van der Waals surface area contributed by atoms with Gasteiger partial charge in [0.25, 0.3) is 5.91 Å². The number of amides is 3. The van der Waals surface area contributed by atoms with Gasteiger partial charge in [-0.05, 0) is 87.4 Å². The second-order valence-corrected chi connectivity index (χ2v) is 12.4. The van der Waals surface area contributed by atoms with Crippen molar-refractivity contribution in [3.63, 3.8) is 0 Å². The molecule has 0 saturated heterocycles. The van der Waals surface area contributed by atoms with Crippen LogP contribution in [0.2, 0.25) is 0 Å². The van der Waals surface area contributed by atoms with E-state index in [2.05, 4.69) is 15.0 Å². The molecular weight excluding hydrogens is 663 g/mol. The van der Waals surface area contributed by atoms with Crippen LogP contribution in [0, 0.1) is 18.8 Å². The summed E-state index contributed by atoms with van der Waals surface area (Å²) in [5.41, 5.74) is 15.3. The first-order chi connectivity index (χ1) is 22.7. The Labute approximate surface area is 286 Å². The minimum Gasteiger partial charge on any atom is -0.368 e. The van der Waals surface area contributed by atoms with E-state index in [1.807, 2.05) is 5.32 Å². The highest BCUT2D eigenvalue weighted by Crippen LogP contribution is 2.33. The van der Waals surface area contributed by atoms with E-state index in [9.17, 15) is 32.3 Å². The number of aromatic amines is 2. The summed E-state index contributed by atoms with van der Waals surface area (Å²) >= 11 is 0. The number of halogens is 4. The molecule has 2 aromatic carbocycles. The van der Waals surface area contributed by atoms with Gasteiger partial charge in [-0.1, -0.05) is 30.3 Å². The molecule has 0 spiro atoms. The van der Waals surface area contributed by atoms with Crippen LogP contribution in [-0.2, 0) is 16.0 Å². The number of rotatable bonds is 10. The van der Waals surface area contributed by atoms with Crippen molar-refractivity contribution >= 4 is 46.8 Å². The van der Waals surface area contributed by atoms with Crippen LogP contribution in [0.25, 0.3) is 22.2 Å². The Bertz CT molecular complexity index is 1870. The molecule has 0 bridgehead atoms. The molecule has 1 aliphatic rings. The van der Waals surface area contributed by atoms with Gasteiger partial charge in [-0.3, -0.25) is 19.3 Å². The number of benzene rings is 2. The number of hydrogen-bond acceptors (Lipinski definition) is 6. The van der Waals surface area contributed by atoms with Crippen molar-refractivity contribution in [1.29, 1.82) is 0 Å². The van der Waals surface area contributed by atoms with E-state index in [0.717, 1.165) is 25.3 Å². The van der Waals surface area contributed by atoms with E-state index in [-0.39, 0.29) is 36.3 Å². The Morgan fingerprint density at radius 1 is 1.00 bits per heavy atom. The molecule has 262 valence electrons. The van der Waals surface area contributed by atoms with E-state index in [0.29, 0.717) is 58.8 Å². The van der Waals surface area contributed by atoms with Crippen LogP contribution in [0.5, 0.6) is 0 Å². The van der Waals surface area contributed by atoms with Crippen LogP contribution in [0.15, 0.2) is 59.4 Å². The van der Waals surface area contributed by atoms with Crippen molar-refractivity contribution in [2.24, 2.45) is 23.3 Å². The van der Waals surface area contributed by atoms with Gasteiger partial charge in [0.1, 0.15) is 17.8 Å². The van der Waals surface area contributed by atoms with Gasteiger partial charge in [-0.25, -0.2) is 9.78 Å². The van der Waals surface area contributed by atoms with Gasteiger partial charge in [-0.15, -0.1) is 12.4 Å². The number of nitrogens with zero attached hydrogens (tertiary/aromatic N) is 2. The lowest BCUT2D eigenvalue weighted by molar-refractivity contribution is -0.149. The lowest BCUT2D eigenvalue weighted by atomic mass is 9.81. The molecule has 1 unspecified atom stereocenters. The first-order valence-corrected chi connectivity index (χ1v) is 15.7. The number of imidazole rings is 1. The first kappa shape index (κ1) is 37.1. The number of aromatic nitrogens is 3. The van der Waals surface area contributed by atoms with E-state index < -0.39 is 35.8 Å². The standard InChI is InChI=1S/C34H38F3N7O4.ClH/c1-18-25(12-14-27(40-18)31(46)41-19(2)34(35,36)37)22-7-3-20(4-8-22)15-29(30(39)45)44(32(47)23-9-5-21(17-38)6-10-23)24-11-13-26-28(16-24)43-33(48)42-26;/h3-4,7-8,11-14,16,19,21,23,29H,5-6,9-10,15,17,38H2,1-2H3,(H2,39,45)(H,41,46)(H2,42,43,48);1H/t19?,21-,23-,29-;/m0./s1. The number of primary amides is 1. The number of alkyl halides is 3. The van der Waals surface area contributed by atoms with Gasteiger partial charge in [0, 0.05) is 29.3 Å². The Kier molecular flexibility index (Phi) is 11.6. The summed E-state index contributed by atoms with van der Waals surface area (Å²) in [6.45, 7) is 3.06. The molecule has 0 aliphatic heterocycles. The molecule has 2 heterocycles. The molecule has 1 saturated carbocycles. The maximum atomic E-state index is 14.1. The molecule has 4 aromatic rings. The molecule has 2 atom stereocenters. The highest BCUT2D eigenvalue weighted by atomic mass is 35.5. The summed E-state index contributed by atoms with van der Waals surface area (Å²) in [6, 6.07) is 12.1. The fraction of sp³-hybridized carbons (Fsp3) is 0.382. The number of fused-ring (bicyclic) bond motifs is 1. The zero-order chi connectivity index (χ0) is 34.7. The molecular formula is C34H39ClF3N7O4. The number of anilines is 1. The average molecular weight is 702 g/mol. The van der Waals surface area contributed by atoms with E-state index in [1.165, 1.54) is 11.0 Å². The van der Waals surface area contributed by atoms with Crippen molar-refractivity contribution in [2.45, 2.75) is 64.2 Å². The Morgan fingerprint density at radius 2 is 1.65 bits per heavy atom. The number of carbonyl (C=O) groups excluding carboxylic acids is 3. The SMILES string of the molecule is Cc1nc(C(=O)NC(C)C(F)(F)F)ccc1-c1ccc(C[C@@H](C(N)=O)N(c2ccc3[nH]c(=O)[nH]c3c2)C(=O)[C@H]2CC[C@H](CN)CC2)cc1.Cl. The van der Waals surface area contributed by atoms with Crippen LogP contribution < -0.4 is 27.4 Å². The summed E-state index contributed by atoms with van der Waals surface area (Å²) in [5.74, 6) is -1.83. The highest BCUT2D eigenvalue weighted by molar-refractivity contribution is 6.02. The largest absolute Gasteiger partial charge is 0.408 e. The quantitative estimate of drug-likeness (QED) is 0.162. The van der Waals surface area contributed by atoms with Crippen LogP contribution in [0.1, 0.15) is 54.4 Å². The fourth-order valence-corrected chi connectivity index (χ4v) is 6.18. The molecule has 0 radical (unpaired) electrons. The van der Waals surface area contributed by atoms with Crippen molar-refractivity contribution in [3.05, 3.63) is 82.0 Å². The molecule has 15 heteroatoms. The minimum atomic E-state index is -4.58. The van der Waals surface area contributed by atoms with Gasteiger partial charge < -0.3 is 26.8 Å². The summed E-state index contributed by atoms with van der Waals surface area (Å²) in [5, 5.41) is 1.91. The molecule has 11 nitrogen and oxygen atoms in total. The zero-order valence-electron chi connectivity index (χ0n) is 27.0. The van der Waals surface area contributed by atoms with Gasteiger partial charge in [0.2, 0.25) is 11.8 Å². The van der Waals surface area contributed by atoms with Crippen molar-refractivity contribution in [1.82, 2.24) is 20.3 Å². The number of nitrogens with two attached hydrogens (primary N) is 2. The van der Waals surface area contributed by atoms with Crippen LogP contribution in [-0.4, -0.2) is 57.5 Å². The number of aryl methyl sites for hydroxylation is 1. The minimum absolute atomic E-state index is 0. The van der Waals surface area contributed by atoms with Gasteiger partial charge >= 0.3 is 11.9 Å². The number of nitrogens with one attached hydrogen (secondary N) is 3. The molecule has 5 rings (SSSR count). The number of pyridine rings is 1. The number of H-pyrrole nitrogens is 2. The van der Waals surface area contributed by atoms with Crippen molar-refractivity contribution in [2.75, 3.05) is 11.4 Å². The molecule has 1 fully saturated rings. The first-order valence-electron chi connectivity index (χ1n) is 15.7. The Balaban J connectivity index is 0.00000541. The maximum absolute atomic E-state index is 14.1. The topological polar surface area (TPSA) is 180 Å². The predicted molar refractivity (Wildman–Crippen MR) is 182 cm³/mol. The van der Waals surface area contributed by atoms with E-state index in [1.54, 1.807) is 55.5 Å². The Morgan fingerprint density at radius 3 is 2.24 bits per heavy atom. The second-order valence-electron chi connectivity index (χ2n) is 12.4. The van der Waals surface area contributed by atoms with Crippen molar-refractivity contribution in [3.8, 4) is 11.1 Å². The third-order valence-electron chi connectivity index (χ3n) is 9.04. The van der Waals surface area contributed by atoms with E-state index in [4.69, 9.17) is 11.5 Å². The molecule has 7 N–H and O–H groups in total. The third-order valence-corrected chi connectivity index (χ3v) is 9.04. The fourth-order valence-electron chi connectivity index (χ4n) is 6.18. The highest BCUT2D eigenvalue weighted by Gasteiger charge is 2.38. The zero-order valence-corrected chi connectivity index (χ0v) is 27.8. The van der Waals surface area contributed by atoms with Gasteiger partial charge in [0.05, 0.1) is 11.0 Å². The summed E-state index contributed by atoms with van der Waals surface area (Å²) < 4.78 is 38.7. The molecule has 2 aromatic heterocycles. The molecule has 1 aliphatic carbocycles. The van der Waals surface area contributed by atoms with E-state index >= 15 is 0 Å². The maximum Gasteiger partial charge on any atom is 0.408 e. The lowest BCUT2D eigenvalue weighted by Gasteiger charge is -2.35. The smallest absolute Gasteiger partial charge is 0.368 e. The summed E-state index contributed by atoms with van der Waals surface area (Å²) in [6.07, 6.45) is -1.59. The number of hydrogen-bond donors (Lipinski definition) is 5. The second kappa shape index (κ2) is 15.2. The predicted octanol–water partition coefficient (Wildman–Crippen LogP) is 4.52. The van der Waals surface area contributed by atoms with Crippen LogP contribution in [0.3, 0.4) is 0 Å². The lowest BCUT2D eigenvalue weighted by Crippen LogP contribution is -2.52. The monoisotopic (exact) mass is 701 g/mol. The average Bonchev–Trinajstić information content (AvgIpc) is 3.43. The summed E-state index contributed by atoms with van der Waals surface area (Å²) in [7, 11) is 0. The van der Waals surface area contributed by atoms with Gasteiger partial charge in [-0.2, -0.15) is 13.2 Å². The van der Waals surface area contributed by atoms with Crippen molar-refractivity contribution < 1.29 is 27.6 Å². The Hall–Kier alpha value is -4.69. The van der Waals surface area contributed by atoms with Gasteiger partial charge in [0.15, 0.2) is 0 Å². The number of carbonyl (C=O) groups is 3. The molecule has 3 amide bonds. The summed E-state index contributed by atoms with van der Waals surface area (Å²) in [4.78, 5) is 62.5. The normalized spacial score (nSPS) is 17.5.